The molecule has 0 aliphatic rings. The number of thiol groups is 1. The van der Waals surface area contributed by atoms with Crippen LogP contribution in [0.15, 0.2) is 40.5 Å². The van der Waals surface area contributed by atoms with E-state index in [4.69, 9.17) is 0 Å². The number of hydrogen-bond donors (Lipinski definition) is 1. The molecule has 0 saturated heterocycles. The van der Waals surface area contributed by atoms with Crippen LogP contribution in [0.25, 0.3) is 0 Å². The summed E-state index contributed by atoms with van der Waals surface area (Å²) in [5, 5.41) is 2.20. The number of amides is 1. The zero-order valence-electron chi connectivity index (χ0n) is 7.61. The summed E-state index contributed by atoms with van der Waals surface area (Å²) in [6.45, 7) is 7.95. The summed E-state index contributed by atoms with van der Waals surface area (Å²) in [6.07, 6.45) is 1.23. The van der Waals surface area contributed by atoms with E-state index in [1.165, 1.54) is 13.0 Å². The molecule has 0 atom stereocenters. The van der Waals surface area contributed by atoms with Crippen molar-refractivity contribution in [3.05, 3.63) is 40.2 Å². The van der Waals surface area contributed by atoms with E-state index in [1.807, 2.05) is 0 Å². The van der Waals surface area contributed by atoms with E-state index >= 15 is 0 Å². The largest absolute Gasteiger partial charge is 0.318 e. The summed E-state index contributed by atoms with van der Waals surface area (Å²) in [6, 6.07) is 0. The molecule has 0 fully saturated rings. The Morgan fingerprint density at radius 2 is 1.93 bits per heavy atom. The third-order valence-corrected chi connectivity index (χ3v) is 1.88. The van der Waals surface area contributed by atoms with Crippen molar-refractivity contribution in [2.45, 2.75) is 6.92 Å². The van der Waals surface area contributed by atoms with Crippen molar-refractivity contribution >= 4 is 24.3 Å². The standard InChI is InChI=1S/C9H9NO3S/c1-4-7(14)8(9(12)10-13)5(2)6(3)11/h4,14H,1-2H2,3H3/b8-7-. The number of rotatable bonds is 4. The van der Waals surface area contributed by atoms with E-state index in [9.17, 15) is 14.5 Å². The zero-order chi connectivity index (χ0) is 11.3. The molecule has 0 bridgehead atoms. The minimum absolute atomic E-state index is 0.0977. The number of nitrogens with zero attached hydrogens (tertiary/aromatic N) is 1. The Balaban J connectivity index is 5.45. The molecule has 0 aromatic rings. The van der Waals surface area contributed by atoms with E-state index in [2.05, 4.69) is 31.0 Å². The van der Waals surface area contributed by atoms with Gasteiger partial charge in [0.15, 0.2) is 5.78 Å². The van der Waals surface area contributed by atoms with Crippen molar-refractivity contribution < 1.29 is 9.59 Å². The zero-order valence-corrected chi connectivity index (χ0v) is 8.51. The van der Waals surface area contributed by atoms with Gasteiger partial charge in [-0.25, -0.2) is 0 Å². The first-order valence-corrected chi connectivity index (χ1v) is 4.04. The van der Waals surface area contributed by atoms with Crippen LogP contribution in [0.2, 0.25) is 0 Å². The molecule has 14 heavy (non-hydrogen) atoms. The lowest BCUT2D eigenvalue weighted by Crippen LogP contribution is -2.08. The minimum Gasteiger partial charge on any atom is -0.295 e. The molecule has 4 nitrogen and oxygen atoms in total. The van der Waals surface area contributed by atoms with E-state index < -0.39 is 11.7 Å². The third-order valence-electron chi connectivity index (χ3n) is 1.47. The molecular weight excluding hydrogens is 202 g/mol. The Morgan fingerprint density at radius 3 is 2.21 bits per heavy atom. The molecule has 0 aromatic heterocycles. The monoisotopic (exact) mass is 211 g/mol. The fourth-order valence-corrected chi connectivity index (χ4v) is 0.948. The van der Waals surface area contributed by atoms with E-state index in [0.717, 1.165) is 0 Å². The van der Waals surface area contributed by atoms with Gasteiger partial charge in [-0.05, 0) is 6.92 Å². The Hall–Kier alpha value is -1.49. The summed E-state index contributed by atoms with van der Waals surface area (Å²) < 4.78 is 0. The minimum atomic E-state index is -1.07. The van der Waals surface area contributed by atoms with Crippen molar-refractivity contribution in [1.29, 1.82) is 0 Å². The molecule has 0 radical (unpaired) electrons. The fraction of sp³-hybridized carbons (Fsp3) is 0.111. The third kappa shape index (κ3) is 2.77. The van der Waals surface area contributed by atoms with Gasteiger partial charge in [0.2, 0.25) is 0 Å². The average Bonchev–Trinajstić information content (AvgIpc) is 2.16. The molecule has 0 aromatic carbocycles. The van der Waals surface area contributed by atoms with Crippen LogP contribution in [0.1, 0.15) is 6.92 Å². The fourth-order valence-electron chi connectivity index (χ4n) is 0.717. The van der Waals surface area contributed by atoms with Crippen LogP contribution < -0.4 is 0 Å². The molecule has 0 N–H and O–H groups in total. The summed E-state index contributed by atoms with van der Waals surface area (Å²) in [4.78, 5) is 32.1. The van der Waals surface area contributed by atoms with Crippen molar-refractivity contribution in [1.82, 2.24) is 0 Å². The first-order chi connectivity index (χ1) is 6.45. The van der Waals surface area contributed by atoms with Crippen LogP contribution in [0, 0.1) is 4.91 Å². The van der Waals surface area contributed by atoms with Crippen molar-refractivity contribution in [3.63, 3.8) is 0 Å². The topological polar surface area (TPSA) is 63.6 Å². The first kappa shape index (κ1) is 12.5. The first-order valence-electron chi connectivity index (χ1n) is 3.59. The average molecular weight is 211 g/mol. The van der Waals surface area contributed by atoms with Crippen LogP contribution in [-0.2, 0) is 9.59 Å². The Kier molecular flexibility index (Phi) is 4.72. The molecule has 0 heterocycles. The number of nitroso groups, excluding NO2 is 1. The second-order valence-electron chi connectivity index (χ2n) is 2.40. The highest BCUT2D eigenvalue weighted by Crippen LogP contribution is 2.19. The maximum atomic E-state index is 11.0. The van der Waals surface area contributed by atoms with Gasteiger partial charge in [0, 0.05) is 15.7 Å². The van der Waals surface area contributed by atoms with Gasteiger partial charge in [0.25, 0.3) is 0 Å². The van der Waals surface area contributed by atoms with Gasteiger partial charge in [-0.15, -0.1) is 17.5 Å². The van der Waals surface area contributed by atoms with Crippen LogP contribution >= 0.6 is 12.6 Å². The number of ketones is 1. The van der Waals surface area contributed by atoms with Crippen LogP contribution in [0.5, 0.6) is 0 Å². The maximum absolute atomic E-state index is 11.0. The maximum Gasteiger partial charge on any atom is 0.318 e. The molecule has 0 saturated carbocycles. The Bertz CT molecular complexity index is 355. The molecule has 5 heteroatoms. The highest BCUT2D eigenvalue weighted by atomic mass is 32.1. The number of carbonyl (C=O) groups is 2. The van der Waals surface area contributed by atoms with Gasteiger partial charge in [-0.1, -0.05) is 19.2 Å². The molecule has 1 amide bonds. The second-order valence-corrected chi connectivity index (χ2v) is 2.88. The van der Waals surface area contributed by atoms with Gasteiger partial charge >= 0.3 is 5.91 Å². The molecule has 0 unspecified atom stereocenters. The summed E-state index contributed by atoms with van der Waals surface area (Å²) >= 11 is 3.88. The lowest BCUT2D eigenvalue weighted by Gasteiger charge is -2.03. The van der Waals surface area contributed by atoms with Crippen LogP contribution in [-0.4, -0.2) is 11.7 Å². The van der Waals surface area contributed by atoms with Gasteiger partial charge in [0.1, 0.15) is 0 Å². The lowest BCUT2D eigenvalue weighted by molar-refractivity contribution is -0.116. The Labute approximate surface area is 86.8 Å². The summed E-state index contributed by atoms with van der Waals surface area (Å²) in [5.74, 6) is -1.50. The predicted octanol–water partition coefficient (Wildman–Crippen LogP) is 1.79. The number of carbonyl (C=O) groups excluding carboxylic acids is 2. The van der Waals surface area contributed by atoms with Gasteiger partial charge < -0.3 is 0 Å². The lowest BCUT2D eigenvalue weighted by atomic mass is 10.0. The van der Waals surface area contributed by atoms with Crippen molar-refractivity contribution in [3.8, 4) is 0 Å². The predicted molar refractivity (Wildman–Crippen MR) is 56.8 cm³/mol. The number of Topliss-reactive ketones (excluding diaryl/α,β-unsaturated/α-hetero) is 1. The second kappa shape index (κ2) is 5.29. The highest BCUT2D eigenvalue weighted by molar-refractivity contribution is 7.84. The van der Waals surface area contributed by atoms with E-state index in [1.54, 1.807) is 0 Å². The molecule has 0 aliphatic carbocycles. The highest BCUT2D eigenvalue weighted by Gasteiger charge is 2.19. The van der Waals surface area contributed by atoms with Crippen LogP contribution in [0.3, 0.4) is 0 Å². The number of hydrogen-bond acceptors (Lipinski definition) is 4. The van der Waals surface area contributed by atoms with Crippen LogP contribution in [0.4, 0.5) is 0 Å². The van der Waals surface area contributed by atoms with Gasteiger partial charge in [-0.2, -0.15) is 0 Å². The van der Waals surface area contributed by atoms with E-state index in [-0.39, 0.29) is 16.1 Å². The molecule has 0 rings (SSSR count). The molecule has 74 valence electrons. The quantitative estimate of drug-likeness (QED) is 0.334. The number of allylic oxidation sites excluding steroid dienone is 1. The molecule has 0 aliphatic heterocycles. The van der Waals surface area contributed by atoms with Crippen molar-refractivity contribution in [2.75, 3.05) is 0 Å². The summed E-state index contributed by atoms with van der Waals surface area (Å²) in [5.41, 5.74) is -0.301. The normalized spacial score (nSPS) is 11.3. The SMILES string of the molecule is C=C/C(S)=C(\C(=C)C(C)=O)C(=O)N=O. The van der Waals surface area contributed by atoms with Gasteiger partial charge in [-0.3, -0.25) is 9.59 Å². The molecule has 0 spiro atoms. The Morgan fingerprint density at radius 1 is 1.43 bits per heavy atom. The smallest absolute Gasteiger partial charge is 0.295 e. The van der Waals surface area contributed by atoms with Gasteiger partial charge in [0.05, 0.1) is 5.57 Å². The summed E-state index contributed by atoms with van der Waals surface area (Å²) in [7, 11) is 0. The van der Waals surface area contributed by atoms with E-state index in [0.29, 0.717) is 0 Å². The molecular formula is C9H9NO3S. The van der Waals surface area contributed by atoms with Crippen molar-refractivity contribution in [2.24, 2.45) is 5.18 Å².